The van der Waals surface area contributed by atoms with E-state index in [2.05, 4.69) is 60.7 Å². The van der Waals surface area contributed by atoms with Gasteiger partial charge in [-0.2, -0.15) is 5.10 Å². The average molecular weight is 783 g/mol. The number of aromatic nitrogens is 3. The first kappa shape index (κ1) is 38.0. The number of fused-ring (bicyclic) bond motifs is 4. The molecular formula is C40H42N6O9S. The standard InChI is InChI=1S/C40H42N6O9S/c1-4-25-13-14-33(53-16-15-41-40(48)54-24-32-30-11-7-5-9-28(30)29-10-6-8-12-31(29)32)36(19-25)56(49,50)45-38-37-34(51-2)17-26(18-35(37)55-44-38)22-46-23-27(21-43-46)20-42-39(47)52-3/h5-14,17-19,21,23,28,30,32H,4,15-16,20,22,24H2,1-3H3,(H,41,48)(H,42,47)(H,44,45). The molecule has 2 aliphatic rings. The summed E-state index contributed by atoms with van der Waals surface area (Å²) in [4.78, 5) is 24.0. The fraction of sp³-hybridized carbons (Fsp3) is 0.300. The number of carbonyl (C=O) groups is 2. The Morgan fingerprint density at radius 2 is 1.75 bits per heavy atom. The number of hydrogen-bond donors (Lipinski definition) is 3. The van der Waals surface area contributed by atoms with Gasteiger partial charge in [-0.05, 0) is 58.9 Å². The number of hydrogen-bond acceptors (Lipinski definition) is 11. The Morgan fingerprint density at radius 1 is 0.929 bits per heavy atom. The summed E-state index contributed by atoms with van der Waals surface area (Å²) in [5.41, 5.74) is 5.01. The maximum absolute atomic E-state index is 13.9. The van der Waals surface area contributed by atoms with Crippen LogP contribution in [0.5, 0.6) is 11.5 Å². The maximum atomic E-state index is 13.9. The van der Waals surface area contributed by atoms with Gasteiger partial charge in [0.1, 0.15) is 35.0 Å². The number of methoxy groups -OCH3 is 2. The highest BCUT2D eigenvalue weighted by Crippen LogP contribution is 2.49. The molecule has 5 aromatic rings. The summed E-state index contributed by atoms with van der Waals surface area (Å²) in [5, 5.41) is 14.0. The molecule has 0 saturated heterocycles. The zero-order valence-electron chi connectivity index (χ0n) is 31.1. The van der Waals surface area contributed by atoms with Gasteiger partial charge < -0.3 is 34.1 Å². The Bertz CT molecular complexity index is 2400. The van der Waals surface area contributed by atoms with Gasteiger partial charge in [0, 0.05) is 30.1 Å². The van der Waals surface area contributed by atoms with Crippen molar-refractivity contribution in [2.75, 3.05) is 38.7 Å². The van der Waals surface area contributed by atoms with Crippen LogP contribution in [0.2, 0.25) is 0 Å². The fourth-order valence-corrected chi connectivity index (χ4v) is 8.33. The van der Waals surface area contributed by atoms with Crippen molar-refractivity contribution in [3.8, 4) is 11.5 Å². The van der Waals surface area contributed by atoms with E-state index >= 15 is 0 Å². The first-order chi connectivity index (χ1) is 27.2. The van der Waals surface area contributed by atoms with Crippen molar-refractivity contribution < 1.29 is 41.5 Å². The third-order valence-corrected chi connectivity index (χ3v) is 11.2. The number of rotatable bonds is 15. The summed E-state index contributed by atoms with van der Waals surface area (Å²) in [6.07, 6.45) is 11.3. The zero-order valence-corrected chi connectivity index (χ0v) is 31.9. The third-order valence-electron chi connectivity index (χ3n) is 9.83. The van der Waals surface area contributed by atoms with Crippen LogP contribution >= 0.6 is 0 Å². The number of aryl methyl sites for hydroxylation is 1. The zero-order chi connectivity index (χ0) is 39.2. The highest BCUT2D eigenvalue weighted by atomic mass is 32.2. The molecule has 0 fully saturated rings. The van der Waals surface area contributed by atoms with Crippen molar-refractivity contribution in [1.29, 1.82) is 0 Å². The number of anilines is 1. The van der Waals surface area contributed by atoms with Crippen LogP contribution in [-0.4, -0.2) is 69.5 Å². The van der Waals surface area contributed by atoms with E-state index in [1.165, 1.54) is 31.4 Å². The molecule has 56 heavy (non-hydrogen) atoms. The van der Waals surface area contributed by atoms with E-state index in [9.17, 15) is 18.0 Å². The summed E-state index contributed by atoms with van der Waals surface area (Å²) >= 11 is 0. The predicted octanol–water partition coefficient (Wildman–Crippen LogP) is 6.03. The lowest BCUT2D eigenvalue weighted by molar-refractivity contribution is 0.132. The Labute approximate surface area is 323 Å². The van der Waals surface area contributed by atoms with Crippen LogP contribution in [0.4, 0.5) is 15.4 Å². The molecule has 2 aromatic heterocycles. The van der Waals surface area contributed by atoms with Crippen molar-refractivity contribution in [3.63, 3.8) is 0 Å². The third kappa shape index (κ3) is 8.19. The molecule has 2 amide bonds. The van der Waals surface area contributed by atoms with Crippen molar-refractivity contribution in [2.45, 2.75) is 43.2 Å². The van der Waals surface area contributed by atoms with Crippen LogP contribution in [0.15, 0.2) is 101 Å². The van der Waals surface area contributed by atoms with Gasteiger partial charge in [-0.15, -0.1) is 0 Å². The number of amides is 2. The molecule has 16 heteroatoms. The summed E-state index contributed by atoms with van der Waals surface area (Å²) in [6, 6.07) is 16.6. The van der Waals surface area contributed by atoms with E-state index in [1.54, 1.807) is 41.3 Å². The largest absolute Gasteiger partial charge is 0.496 e. The van der Waals surface area contributed by atoms with Crippen molar-refractivity contribution in [3.05, 3.63) is 119 Å². The maximum Gasteiger partial charge on any atom is 0.407 e. The van der Waals surface area contributed by atoms with Gasteiger partial charge in [0.15, 0.2) is 11.4 Å². The summed E-state index contributed by atoms with van der Waals surface area (Å²) in [5.74, 6) is 0.883. The molecule has 0 saturated carbocycles. The van der Waals surface area contributed by atoms with E-state index < -0.39 is 22.2 Å². The number of allylic oxidation sites excluding steroid dienone is 4. The second kappa shape index (κ2) is 16.6. The van der Waals surface area contributed by atoms with Gasteiger partial charge in [0.25, 0.3) is 10.0 Å². The Kier molecular flexibility index (Phi) is 11.3. The molecule has 2 aliphatic carbocycles. The minimum atomic E-state index is -4.27. The quantitative estimate of drug-likeness (QED) is 0.105. The lowest BCUT2D eigenvalue weighted by Gasteiger charge is -2.22. The van der Waals surface area contributed by atoms with Gasteiger partial charge in [-0.1, -0.05) is 66.7 Å². The molecule has 3 N–H and O–H groups in total. The lowest BCUT2D eigenvalue weighted by Crippen LogP contribution is -2.30. The molecule has 292 valence electrons. The van der Waals surface area contributed by atoms with E-state index in [-0.39, 0.29) is 66.1 Å². The first-order valence-electron chi connectivity index (χ1n) is 18.1. The van der Waals surface area contributed by atoms with Gasteiger partial charge in [-0.3, -0.25) is 9.40 Å². The molecule has 3 aromatic carbocycles. The topological polar surface area (TPSA) is 185 Å². The molecule has 0 radical (unpaired) electrons. The fourth-order valence-electron chi connectivity index (χ4n) is 7.12. The minimum absolute atomic E-state index is 0.0172. The van der Waals surface area contributed by atoms with Crippen LogP contribution in [0.25, 0.3) is 11.0 Å². The van der Waals surface area contributed by atoms with Gasteiger partial charge >= 0.3 is 12.2 Å². The number of nitrogens with zero attached hydrogens (tertiary/aromatic N) is 3. The van der Waals surface area contributed by atoms with Crippen LogP contribution in [0.1, 0.15) is 46.6 Å². The molecule has 0 bridgehead atoms. The summed E-state index contributed by atoms with van der Waals surface area (Å²) in [7, 11) is -1.52. The van der Waals surface area contributed by atoms with Crippen molar-refractivity contribution in [2.24, 2.45) is 5.92 Å². The van der Waals surface area contributed by atoms with E-state index in [4.69, 9.17) is 18.7 Å². The average Bonchev–Trinajstić information content (AvgIpc) is 3.93. The number of nitrogens with one attached hydrogen (secondary N) is 3. The number of alkyl carbamates (subject to hydrolysis) is 2. The number of sulfonamides is 1. The highest BCUT2D eigenvalue weighted by Gasteiger charge is 2.39. The molecule has 3 atom stereocenters. The normalized spacial score (nSPS) is 16.9. The number of ether oxygens (including phenoxy) is 4. The summed E-state index contributed by atoms with van der Waals surface area (Å²) < 4.78 is 59.5. The Morgan fingerprint density at radius 3 is 2.55 bits per heavy atom. The molecule has 0 aliphatic heterocycles. The molecular weight excluding hydrogens is 741 g/mol. The first-order valence-corrected chi connectivity index (χ1v) is 19.6. The Hall–Kier alpha value is -6.29. The highest BCUT2D eigenvalue weighted by molar-refractivity contribution is 7.92. The molecule has 2 heterocycles. The van der Waals surface area contributed by atoms with Crippen molar-refractivity contribution in [1.82, 2.24) is 25.6 Å². The van der Waals surface area contributed by atoms with E-state index in [1.807, 2.05) is 25.1 Å². The van der Waals surface area contributed by atoms with Gasteiger partial charge in [0.2, 0.25) is 0 Å². The van der Waals surface area contributed by atoms with E-state index in [0.29, 0.717) is 24.1 Å². The number of benzene rings is 3. The van der Waals surface area contributed by atoms with Gasteiger partial charge in [-0.25, -0.2) is 18.0 Å². The molecule has 0 spiro atoms. The second-order valence-electron chi connectivity index (χ2n) is 13.3. The summed E-state index contributed by atoms with van der Waals surface area (Å²) in [6.45, 7) is 2.77. The lowest BCUT2D eigenvalue weighted by atomic mass is 9.84. The second-order valence-corrected chi connectivity index (χ2v) is 15.0. The van der Waals surface area contributed by atoms with Crippen LogP contribution < -0.4 is 24.8 Å². The Balaban J connectivity index is 0.986. The van der Waals surface area contributed by atoms with Crippen LogP contribution in [0.3, 0.4) is 0 Å². The molecule has 15 nitrogen and oxygen atoms in total. The SMILES string of the molecule is CCc1ccc(OCCNC(=O)OCC2c3ccccc3C3C=CC=CC32)c(S(=O)(=O)Nc2noc3cc(Cn4cc(CNC(=O)OC)cn4)cc(OC)c23)c1. The van der Waals surface area contributed by atoms with Crippen LogP contribution in [-0.2, 0) is 39.0 Å². The smallest absolute Gasteiger partial charge is 0.407 e. The molecule has 3 unspecified atom stereocenters. The predicted molar refractivity (Wildman–Crippen MR) is 206 cm³/mol. The number of carbonyl (C=O) groups excluding carboxylic acids is 2. The van der Waals surface area contributed by atoms with E-state index in [0.717, 1.165) is 16.7 Å². The van der Waals surface area contributed by atoms with Gasteiger partial charge in [0.05, 0.1) is 33.5 Å². The van der Waals surface area contributed by atoms with Crippen LogP contribution in [0, 0.1) is 5.92 Å². The van der Waals surface area contributed by atoms with Crippen molar-refractivity contribution >= 4 is 39.0 Å². The molecule has 7 rings (SSSR count). The monoisotopic (exact) mass is 782 g/mol. The minimum Gasteiger partial charge on any atom is -0.496 e.